The third-order valence-electron chi connectivity index (χ3n) is 3.78. The van der Waals surface area contributed by atoms with Gasteiger partial charge in [-0.15, -0.1) is 0 Å². The summed E-state index contributed by atoms with van der Waals surface area (Å²) in [5.41, 5.74) is 7.16. The maximum atomic E-state index is 10.1. The summed E-state index contributed by atoms with van der Waals surface area (Å²) in [7, 11) is 0. The van der Waals surface area contributed by atoms with Crippen LogP contribution in [0.2, 0.25) is 0 Å². The normalized spacial score (nSPS) is 27.6. The van der Waals surface area contributed by atoms with Crippen LogP contribution in [0.3, 0.4) is 0 Å². The van der Waals surface area contributed by atoms with Gasteiger partial charge in [0.05, 0.1) is 6.10 Å². The summed E-state index contributed by atoms with van der Waals surface area (Å²) in [4.78, 5) is 0. The number of benzene rings is 1. The first kappa shape index (κ1) is 11.6. The number of nitrogens with two attached hydrogens (primary N) is 1. The number of hydrogen-bond donors (Lipinski definition) is 2. The zero-order valence-corrected chi connectivity index (χ0v) is 9.68. The highest BCUT2D eigenvalue weighted by atomic mass is 16.3. The zero-order valence-electron chi connectivity index (χ0n) is 9.68. The minimum Gasteiger partial charge on any atom is -0.393 e. The van der Waals surface area contributed by atoms with E-state index in [-0.39, 0.29) is 6.10 Å². The predicted octanol–water partition coefficient (Wildman–Crippen LogP) is 2.28. The Morgan fingerprint density at radius 1 is 1.19 bits per heavy atom. The lowest BCUT2D eigenvalue weighted by Gasteiger charge is -2.34. The van der Waals surface area contributed by atoms with Gasteiger partial charge in [0.15, 0.2) is 0 Å². The van der Waals surface area contributed by atoms with Crippen LogP contribution < -0.4 is 5.73 Å². The Hall–Kier alpha value is -0.860. The lowest BCUT2D eigenvalue weighted by molar-refractivity contribution is 0.0561. The number of hydrogen-bond acceptors (Lipinski definition) is 2. The molecule has 2 rings (SSSR count). The Labute approximate surface area is 97.5 Å². The molecule has 1 fully saturated rings. The minimum atomic E-state index is -0.164. The van der Waals surface area contributed by atoms with E-state index in [2.05, 4.69) is 12.1 Å². The van der Waals surface area contributed by atoms with Crippen molar-refractivity contribution >= 4 is 0 Å². The molecule has 16 heavy (non-hydrogen) atoms. The van der Waals surface area contributed by atoms with E-state index < -0.39 is 0 Å². The topological polar surface area (TPSA) is 46.2 Å². The van der Waals surface area contributed by atoms with Crippen molar-refractivity contribution in [3.05, 3.63) is 35.9 Å². The van der Waals surface area contributed by atoms with Crippen LogP contribution in [-0.4, -0.2) is 17.8 Å². The molecule has 1 saturated carbocycles. The summed E-state index contributed by atoms with van der Waals surface area (Å²) >= 11 is 0. The molecule has 0 heterocycles. The van der Waals surface area contributed by atoms with E-state index in [1.807, 2.05) is 18.2 Å². The molecule has 1 aliphatic carbocycles. The molecule has 2 nitrogen and oxygen atoms in total. The zero-order chi connectivity index (χ0) is 11.4. The first-order valence-corrected chi connectivity index (χ1v) is 6.26. The van der Waals surface area contributed by atoms with Gasteiger partial charge in [-0.3, -0.25) is 0 Å². The fourth-order valence-electron chi connectivity index (χ4n) is 2.87. The molecule has 1 aromatic carbocycles. The highest BCUT2D eigenvalue weighted by Crippen LogP contribution is 2.35. The summed E-state index contributed by atoms with van der Waals surface area (Å²) < 4.78 is 0. The molecule has 0 aromatic heterocycles. The summed E-state index contributed by atoms with van der Waals surface area (Å²) in [5, 5.41) is 10.1. The summed E-state index contributed by atoms with van der Waals surface area (Å²) in [6.07, 6.45) is 4.27. The number of aliphatic hydroxyl groups excluding tert-OH is 1. The summed E-state index contributed by atoms with van der Waals surface area (Å²) in [6.45, 7) is 0.631. The smallest absolute Gasteiger partial charge is 0.0574 e. The van der Waals surface area contributed by atoms with Crippen LogP contribution in [0.25, 0.3) is 0 Å². The second-order valence-electron chi connectivity index (χ2n) is 4.77. The van der Waals surface area contributed by atoms with Crippen molar-refractivity contribution in [2.45, 2.75) is 37.7 Å². The van der Waals surface area contributed by atoms with Gasteiger partial charge in [0.1, 0.15) is 0 Å². The van der Waals surface area contributed by atoms with Crippen molar-refractivity contribution in [3.8, 4) is 0 Å². The van der Waals surface area contributed by atoms with E-state index in [1.54, 1.807) is 0 Å². The minimum absolute atomic E-state index is 0.164. The molecule has 2 heteroatoms. The Bertz CT molecular complexity index is 312. The number of rotatable bonds is 3. The third-order valence-corrected chi connectivity index (χ3v) is 3.78. The van der Waals surface area contributed by atoms with E-state index in [1.165, 1.54) is 12.0 Å². The third kappa shape index (κ3) is 2.45. The Kier molecular flexibility index (Phi) is 3.97. The Morgan fingerprint density at radius 3 is 2.50 bits per heavy atom. The quantitative estimate of drug-likeness (QED) is 0.819. The average Bonchev–Trinajstić information content (AvgIpc) is 2.34. The second kappa shape index (κ2) is 5.46. The van der Waals surface area contributed by atoms with Gasteiger partial charge in [0, 0.05) is 5.92 Å². The summed E-state index contributed by atoms with van der Waals surface area (Å²) in [6, 6.07) is 10.4. The molecule has 3 N–H and O–H groups in total. The lowest BCUT2D eigenvalue weighted by Crippen LogP contribution is -2.33. The van der Waals surface area contributed by atoms with E-state index in [4.69, 9.17) is 5.73 Å². The molecule has 0 bridgehead atoms. The van der Waals surface area contributed by atoms with Gasteiger partial charge in [-0.1, -0.05) is 43.2 Å². The van der Waals surface area contributed by atoms with Crippen LogP contribution in [0.5, 0.6) is 0 Å². The van der Waals surface area contributed by atoms with Crippen LogP contribution in [0.4, 0.5) is 0 Å². The van der Waals surface area contributed by atoms with Gasteiger partial charge in [-0.05, 0) is 30.9 Å². The standard InChI is InChI=1S/C14H21NO/c15-10-13(11-6-2-1-3-7-11)12-8-4-5-9-14(12)16/h1-3,6-7,12-14,16H,4-5,8-10,15H2/t12-,13+,14+/m1/s1. The maximum Gasteiger partial charge on any atom is 0.0574 e. The van der Waals surface area contributed by atoms with Crippen LogP contribution in [-0.2, 0) is 0 Å². The van der Waals surface area contributed by atoms with Crippen molar-refractivity contribution < 1.29 is 5.11 Å². The largest absolute Gasteiger partial charge is 0.393 e. The van der Waals surface area contributed by atoms with Gasteiger partial charge in [0.2, 0.25) is 0 Å². The van der Waals surface area contributed by atoms with Crippen molar-refractivity contribution in [1.29, 1.82) is 0 Å². The van der Waals surface area contributed by atoms with Crippen LogP contribution >= 0.6 is 0 Å². The molecule has 0 radical (unpaired) electrons. The molecule has 0 amide bonds. The van der Waals surface area contributed by atoms with Crippen molar-refractivity contribution in [3.63, 3.8) is 0 Å². The monoisotopic (exact) mass is 219 g/mol. The highest BCUT2D eigenvalue weighted by Gasteiger charge is 2.30. The van der Waals surface area contributed by atoms with Crippen LogP contribution in [0.15, 0.2) is 30.3 Å². The fourth-order valence-corrected chi connectivity index (χ4v) is 2.87. The van der Waals surface area contributed by atoms with Gasteiger partial charge < -0.3 is 10.8 Å². The van der Waals surface area contributed by atoms with Crippen LogP contribution in [0, 0.1) is 5.92 Å². The second-order valence-corrected chi connectivity index (χ2v) is 4.77. The van der Waals surface area contributed by atoms with Gasteiger partial charge in [0.25, 0.3) is 0 Å². The molecule has 0 saturated heterocycles. The van der Waals surface area contributed by atoms with E-state index >= 15 is 0 Å². The SMILES string of the molecule is NC[C@@H](c1ccccc1)[C@H]1CCCC[C@@H]1O. The molecule has 1 aliphatic rings. The maximum absolute atomic E-state index is 10.1. The molecular formula is C14H21NO. The van der Waals surface area contributed by atoms with E-state index in [9.17, 15) is 5.11 Å². The lowest BCUT2D eigenvalue weighted by atomic mass is 9.75. The fraction of sp³-hybridized carbons (Fsp3) is 0.571. The highest BCUT2D eigenvalue weighted by molar-refractivity contribution is 5.21. The number of aliphatic hydroxyl groups is 1. The predicted molar refractivity (Wildman–Crippen MR) is 66.2 cm³/mol. The van der Waals surface area contributed by atoms with Gasteiger partial charge >= 0.3 is 0 Å². The van der Waals surface area contributed by atoms with Crippen molar-refractivity contribution in [2.24, 2.45) is 11.7 Å². The Balaban J connectivity index is 2.15. The Morgan fingerprint density at radius 2 is 1.88 bits per heavy atom. The molecule has 1 aromatic rings. The average molecular weight is 219 g/mol. The molecule has 0 spiro atoms. The first-order chi connectivity index (χ1) is 7.83. The van der Waals surface area contributed by atoms with Crippen LogP contribution in [0.1, 0.15) is 37.2 Å². The molecular weight excluding hydrogens is 198 g/mol. The van der Waals surface area contributed by atoms with Gasteiger partial charge in [-0.25, -0.2) is 0 Å². The van der Waals surface area contributed by atoms with Gasteiger partial charge in [-0.2, -0.15) is 0 Å². The molecule has 88 valence electrons. The summed E-state index contributed by atoms with van der Waals surface area (Å²) in [5.74, 6) is 0.664. The van der Waals surface area contributed by atoms with E-state index in [0.717, 1.165) is 19.3 Å². The van der Waals surface area contributed by atoms with Crippen molar-refractivity contribution in [1.82, 2.24) is 0 Å². The molecule has 3 atom stereocenters. The molecule has 0 unspecified atom stereocenters. The van der Waals surface area contributed by atoms with Crippen molar-refractivity contribution in [2.75, 3.05) is 6.54 Å². The molecule has 0 aliphatic heterocycles. The van der Waals surface area contributed by atoms with E-state index in [0.29, 0.717) is 18.4 Å². The first-order valence-electron chi connectivity index (χ1n) is 6.26.